The molecule has 0 aromatic carbocycles. The van der Waals surface area contributed by atoms with E-state index in [9.17, 15) is 9.59 Å². The molecule has 3 aromatic rings. The molecule has 0 saturated carbocycles. The molecule has 8 heteroatoms. The highest BCUT2D eigenvalue weighted by Gasteiger charge is 2.32. The summed E-state index contributed by atoms with van der Waals surface area (Å²) in [5.74, 6) is -0.638. The zero-order chi connectivity index (χ0) is 18.8. The van der Waals surface area contributed by atoms with Crippen LogP contribution in [0.15, 0.2) is 43.0 Å². The SMILES string of the molecule is CCOC(=O)c1cnn2c(C(=O)N3CCC[C@H]3c3ccncc3)ccnc12. The summed E-state index contributed by atoms with van der Waals surface area (Å²) < 4.78 is 6.45. The highest BCUT2D eigenvalue weighted by atomic mass is 16.5. The Morgan fingerprint density at radius 1 is 1.22 bits per heavy atom. The van der Waals surface area contributed by atoms with E-state index < -0.39 is 5.97 Å². The molecule has 1 amide bonds. The Morgan fingerprint density at radius 3 is 2.81 bits per heavy atom. The van der Waals surface area contributed by atoms with Crippen molar-refractivity contribution < 1.29 is 14.3 Å². The summed E-state index contributed by atoms with van der Waals surface area (Å²) in [4.78, 5) is 35.4. The third-order valence-corrected chi connectivity index (χ3v) is 4.72. The normalized spacial score (nSPS) is 16.6. The first-order chi connectivity index (χ1) is 13.2. The van der Waals surface area contributed by atoms with Crippen LogP contribution in [0.3, 0.4) is 0 Å². The second kappa shape index (κ2) is 7.14. The first-order valence-electron chi connectivity index (χ1n) is 8.91. The summed E-state index contributed by atoms with van der Waals surface area (Å²) in [5, 5.41) is 4.21. The van der Waals surface area contributed by atoms with E-state index in [1.807, 2.05) is 17.0 Å². The van der Waals surface area contributed by atoms with Crippen molar-refractivity contribution in [3.63, 3.8) is 0 Å². The molecule has 1 fully saturated rings. The molecule has 0 N–H and O–H groups in total. The zero-order valence-electron chi connectivity index (χ0n) is 14.9. The van der Waals surface area contributed by atoms with Gasteiger partial charge in [0.25, 0.3) is 5.91 Å². The molecular formula is C19H19N5O3. The molecule has 4 heterocycles. The lowest BCUT2D eigenvalue weighted by molar-refractivity contribution is 0.0528. The molecule has 1 aliphatic heterocycles. The highest BCUT2D eigenvalue weighted by molar-refractivity contribution is 5.98. The Morgan fingerprint density at radius 2 is 2.04 bits per heavy atom. The van der Waals surface area contributed by atoms with Crippen LogP contribution < -0.4 is 0 Å². The minimum absolute atomic E-state index is 0.00352. The van der Waals surface area contributed by atoms with Crippen LogP contribution in [0.4, 0.5) is 0 Å². The predicted molar refractivity (Wildman–Crippen MR) is 96.2 cm³/mol. The number of pyridine rings is 1. The minimum atomic E-state index is -0.500. The highest BCUT2D eigenvalue weighted by Crippen LogP contribution is 2.32. The van der Waals surface area contributed by atoms with Gasteiger partial charge < -0.3 is 9.64 Å². The third kappa shape index (κ3) is 3.03. The number of fused-ring (bicyclic) bond motifs is 1. The number of carbonyl (C=O) groups is 2. The van der Waals surface area contributed by atoms with Crippen LogP contribution in [0.5, 0.6) is 0 Å². The molecule has 0 spiro atoms. The number of ether oxygens (including phenoxy) is 1. The summed E-state index contributed by atoms with van der Waals surface area (Å²) in [5.41, 5.74) is 2.00. The van der Waals surface area contributed by atoms with Gasteiger partial charge in [-0.05, 0) is 43.5 Å². The van der Waals surface area contributed by atoms with Gasteiger partial charge in [0.05, 0.1) is 18.8 Å². The van der Waals surface area contributed by atoms with Gasteiger partial charge in [0.1, 0.15) is 11.3 Å². The van der Waals surface area contributed by atoms with Crippen LogP contribution in [-0.2, 0) is 4.74 Å². The molecule has 1 atom stereocenters. The van der Waals surface area contributed by atoms with Gasteiger partial charge in [-0.2, -0.15) is 5.10 Å². The van der Waals surface area contributed by atoms with E-state index in [1.165, 1.54) is 16.9 Å². The summed E-state index contributed by atoms with van der Waals surface area (Å²) in [6, 6.07) is 5.50. The van der Waals surface area contributed by atoms with Gasteiger partial charge in [-0.3, -0.25) is 9.78 Å². The van der Waals surface area contributed by atoms with E-state index in [0.29, 0.717) is 17.9 Å². The summed E-state index contributed by atoms with van der Waals surface area (Å²) in [7, 11) is 0. The Hall–Kier alpha value is -3.29. The standard InChI is InChI=1S/C19H19N5O3/c1-2-27-19(26)14-12-22-24-16(7-10-21-17(14)24)18(25)23-11-3-4-15(23)13-5-8-20-9-6-13/h5-10,12,15H,2-4,11H2,1H3/t15-/m0/s1. The number of rotatable bonds is 4. The molecule has 1 aliphatic rings. The van der Waals surface area contributed by atoms with E-state index in [2.05, 4.69) is 15.1 Å². The zero-order valence-corrected chi connectivity index (χ0v) is 14.9. The Balaban J connectivity index is 1.70. The molecule has 0 unspecified atom stereocenters. The van der Waals surface area contributed by atoms with Gasteiger partial charge >= 0.3 is 5.97 Å². The number of likely N-dealkylation sites (tertiary alicyclic amines) is 1. The molecule has 0 aliphatic carbocycles. The molecular weight excluding hydrogens is 346 g/mol. The molecule has 3 aromatic heterocycles. The Labute approximate surface area is 155 Å². The summed E-state index contributed by atoms with van der Waals surface area (Å²) in [6.45, 7) is 2.66. The number of nitrogens with zero attached hydrogens (tertiary/aromatic N) is 5. The maximum atomic E-state index is 13.3. The topological polar surface area (TPSA) is 89.7 Å². The van der Waals surface area contributed by atoms with Crippen molar-refractivity contribution >= 4 is 17.5 Å². The monoisotopic (exact) mass is 365 g/mol. The third-order valence-electron chi connectivity index (χ3n) is 4.72. The van der Waals surface area contributed by atoms with Crippen molar-refractivity contribution in [3.05, 3.63) is 59.8 Å². The van der Waals surface area contributed by atoms with Gasteiger partial charge in [-0.15, -0.1) is 0 Å². The fraction of sp³-hybridized carbons (Fsp3) is 0.316. The van der Waals surface area contributed by atoms with Gasteiger partial charge in [0, 0.05) is 25.1 Å². The number of esters is 1. The number of hydrogen-bond donors (Lipinski definition) is 0. The first-order valence-corrected chi connectivity index (χ1v) is 8.91. The van der Waals surface area contributed by atoms with Crippen molar-refractivity contribution in [3.8, 4) is 0 Å². The van der Waals surface area contributed by atoms with Crippen molar-refractivity contribution in [1.82, 2.24) is 24.5 Å². The van der Waals surface area contributed by atoms with Crippen molar-refractivity contribution in [1.29, 1.82) is 0 Å². The number of amides is 1. The second-order valence-corrected chi connectivity index (χ2v) is 6.28. The Bertz CT molecular complexity index is 985. The summed E-state index contributed by atoms with van der Waals surface area (Å²) in [6.07, 6.45) is 8.21. The summed E-state index contributed by atoms with van der Waals surface area (Å²) >= 11 is 0. The smallest absolute Gasteiger partial charge is 0.343 e. The van der Waals surface area contributed by atoms with E-state index in [0.717, 1.165) is 18.4 Å². The fourth-order valence-electron chi connectivity index (χ4n) is 3.50. The molecule has 8 nitrogen and oxygen atoms in total. The maximum absolute atomic E-state index is 13.3. The van der Waals surface area contributed by atoms with Crippen molar-refractivity contribution in [2.75, 3.05) is 13.2 Å². The lowest BCUT2D eigenvalue weighted by atomic mass is 10.1. The van der Waals surface area contributed by atoms with Gasteiger partial charge in [0.15, 0.2) is 5.65 Å². The molecule has 0 bridgehead atoms. The van der Waals surface area contributed by atoms with Gasteiger partial charge in [-0.1, -0.05) is 0 Å². The van der Waals surface area contributed by atoms with E-state index >= 15 is 0 Å². The van der Waals surface area contributed by atoms with Crippen molar-refractivity contribution in [2.24, 2.45) is 0 Å². The van der Waals surface area contributed by atoms with E-state index in [1.54, 1.807) is 25.4 Å². The quantitative estimate of drug-likeness (QED) is 0.659. The van der Waals surface area contributed by atoms with E-state index in [4.69, 9.17) is 4.74 Å². The largest absolute Gasteiger partial charge is 0.462 e. The maximum Gasteiger partial charge on any atom is 0.343 e. The van der Waals surface area contributed by atoms with Crippen LogP contribution in [0.25, 0.3) is 5.65 Å². The van der Waals surface area contributed by atoms with Crippen LogP contribution >= 0.6 is 0 Å². The second-order valence-electron chi connectivity index (χ2n) is 6.28. The molecule has 138 valence electrons. The molecule has 0 radical (unpaired) electrons. The van der Waals surface area contributed by atoms with E-state index in [-0.39, 0.29) is 24.1 Å². The number of aromatic nitrogens is 4. The fourth-order valence-corrected chi connectivity index (χ4v) is 3.50. The predicted octanol–water partition coefficient (Wildman–Crippen LogP) is 2.28. The molecule has 27 heavy (non-hydrogen) atoms. The first kappa shape index (κ1) is 17.1. The van der Waals surface area contributed by atoms with Crippen molar-refractivity contribution in [2.45, 2.75) is 25.8 Å². The van der Waals surface area contributed by atoms with Crippen LogP contribution in [0.1, 0.15) is 52.2 Å². The van der Waals surface area contributed by atoms with Crippen LogP contribution in [-0.4, -0.2) is 49.5 Å². The molecule has 4 rings (SSSR count). The molecule has 1 saturated heterocycles. The lowest BCUT2D eigenvalue weighted by Crippen LogP contribution is -2.32. The number of hydrogen-bond acceptors (Lipinski definition) is 6. The average Bonchev–Trinajstić information content (AvgIpc) is 3.35. The van der Waals surface area contributed by atoms with Gasteiger partial charge in [-0.25, -0.2) is 14.3 Å². The Kier molecular flexibility index (Phi) is 4.53. The minimum Gasteiger partial charge on any atom is -0.462 e. The number of carbonyl (C=O) groups excluding carboxylic acids is 2. The van der Waals surface area contributed by atoms with Crippen LogP contribution in [0, 0.1) is 0 Å². The average molecular weight is 365 g/mol. The van der Waals surface area contributed by atoms with Crippen LogP contribution in [0.2, 0.25) is 0 Å². The lowest BCUT2D eigenvalue weighted by Gasteiger charge is -2.25. The van der Waals surface area contributed by atoms with Gasteiger partial charge in [0.2, 0.25) is 0 Å².